The van der Waals surface area contributed by atoms with Gasteiger partial charge in [0.25, 0.3) is 0 Å². The Balaban J connectivity index is 2.35. The number of carbonyl (C=O) groups excluding carboxylic acids is 1. The van der Waals surface area contributed by atoms with Gasteiger partial charge >= 0.3 is 6.03 Å². The topological polar surface area (TPSA) is 67.6 Å². The van der Waals surface area contributed by atoms with Crippen LogP contribution in [0.3, 0.4) is 0 Å². The highest BCUT2D eigenvalue weighted by Crippen LogP contribution is 1.98. The molecule has 0 unspecified atom stereocenters. The molecule has 1 heterocycles. The first-order valence-electron chi connectivity index (χ1n) is 4.00. The fourth-order valence-electron chi connectivity index (χ4n) is 1.34. The van der Waals surface area contributed by atoms with Crippen molar-refractivity contribution in [1.82, 2.24) is 10.2 Å². The summed E-state index contributed by atoms with van der Waals surface area (Å²) in [6.45, 7) is 2.74. The molecule has 0 saturated carbocycles. The van der Waals surface area contributed by atoms with Crippen LogP contribution in [0.2, 0.25) is 0 Å². The standard InChI is InChI=1S/C7H15N3O2/c1-12-5-6-4-10(7(8)11)3-2-9-6/h6,9H,2-5H2,1H3,(H2,8,11)/t6-/m1/s1. The molecule has 1 atom stereocenters. The number of amides is 2. The van der Waals surface area contributed by atoms with E-state index in [1.54, 1.807) is 12.0 Å². The Morgan fingerprint density at radius 1 is 1.83 bits per heavy atom. The zero-order chi connectivity index (χ0) is 8.97. The highest BCUT2D eigenvalue weighted by molar-refractivity contribution is 5.72. The predicted molar refractivity (Wildman–Crippen MR) is 44.8 cm³/mol. The van der Waals surface area contributed by atoms with Gasteiger partial charge < -0.3 is 20.7 Å². The summed E-state index contributed by atoms with van der Waals surface area (Å²) in [5.74, 6) is 0. The van der Waals surface area contributed by atoms with Crippen molar-refractivity contribution in [3.05, 3.63) is 0 Å². The molecule has 1 aliphatic heterocycles. The summed E-state index contributed by atoms with van der Waals surface area (Å²) >= 11 is 0. The predicted octanol–water partition coefficient (Wildman–Crippen LogP) is -1.01. The first-order chi connectivity index (χ1) is 5.74. The van der Waals surface area contributed by atoms with Crippen molar-refractivity contribution < 1.29 is 9.53 Å². The van der Waals surface area contributed by atoms with E-state index in [9.17, 15) is 4.79 Å². The van der Waals surface area contributed by atoms with Crippen LogP contribution in [-0.2, 0) is 4.74 Å². The summed E-state index contributed by atoms with van der Waals surface area (Å²) in [5, 5.41) is 3.23. The van der Waals surface area contributed by atoms with Gasteiger partial charge in [0.15, 0.2) is 0 Å². The van der Waals surface area contributed by atoms with Gasteiger partial charge in [-0.25, -0.2) is 4.79 Å². The van der Waals surface area contributed by atoms with Gasteiger partial charge in [0.1, 0.15) is 0 Å². The molecule has 0 spiro atoms. The van der Waals surface area contributed by atoms with E-state index >= 15 is 0 Å². The molecule has 0 aliphatic carbocycles. The first kappa shape index (κ1) is 9.28. The molecule has 1 saturated heterocycles. The number of hydrogen-bond acceptors (Lipinski definition) is 3. The van der Waals surface area contributed by atoms with Gasteiger partial charge in [-0.05, 0) is 0 Å². The summed E-state index contributed by atoms with van der Waals surface area (Å²) in [4.78, 5) is 12.4. The normalized spacial score (nSPS) is 24.1. The minimum Gasteiger partial charge on any atom is -0.383 e. The maximum Gasteiger partial charge on any atom is 0.314 e. The van der Waals surface area contributed by atoms with Gasteiger partial charge in [-0.1, -0.05) is 0 Å². The zero-order valence-electron chi connectivity index (χ0n) is 7.25. The second-order valence-electron chi connectivity index (χ2n) is 2.89. The second-order valence-corrected chi connectivity index (χ2v) is 2.89. The molecule has 0 bridgehead atoms. The molecule has 0 radical (unpaired) electrons. The lowest BCUT2D eigenvalue weighted by Crippen LogP contribution is -2.55. The quantitative estimate of drug-likeness (QED) is 0.562. The molecule has 5 heteroatoms. The van der Waals surface area contributed by atoms with Gasteiger partial charge in [0.2, 0.25) is 0 Å². The fraction of sp³-hybridized carbons (Fsp3) is 0.857. The number of urea groups is 1. The Kier molecular flexibility index (Phi) is 3.31. The zero-order valence-corrected chi connectivity index (χ0v) is 7.25. The lowest BCUT2D eigenvalue weighted by atomic mass is 10.2. The van der Waals surface area contributed by atoms with E-state index in [1.807, 2.05) is 0 Å². The largest absolute Gasteiger partial charge is 0.383 e. The molecule has 2 amide bonds. The minimum absolute atomic E-state index is 0.219. The van der Waals surface area contributed by atoms with Gasteiger partial charge in [-0.15, -0.1) is 0 Å². The molecule has 0 aromatic heterocycles. The van der Waals surface area contributed by atoms with Gasteiger partial charge in [0, 0.05) is 32.8 Å². The van der Waals surface area contributed by atoms with E-state index in [0.717, 1.165) is 6.54 Å². The average Bonchev–Trinajstić information content (AvgIpc) is 2.05. The molecule has 1 aliphatic rings. The van der Waals surface area contributed by atoms with Crippen LogP contribution < -0.4 is 11.1 Å². The summed E-state index contributed by atoms with van der Waals surface area (Å²) in [6, 6.07) is -0.131. The number of primary amides is 1. The van der Waals surface area contributed by atoms with E-state index in [4.69, 9.17) is 10.5 Å². The van der Waals surface area contributed by atoms with E-state index in [1.165, 1.54) is 0 Å². The third-order valence-electron chi connectivity index (χ3n) is 1.94. The van der Waals surface area contributed by atoms with E-state index in [0.29, 0.717) is 19.7 Å². The molecule has 0 aromatic carbocycles. The Hall–Kier alpha value is -0.810. The van der Waals surface area contributed by atoms with E-state index < -0.39 is 0 Å². The number of nitrogens with two attached hydrogens (primary N) is 1. The van der Waals surface area contributed by atoms with Crippen LogP contribution in [0.4, 0.5) is 4.79 Å². The molecule has 1 fully saturated rings. The van der Waals surface area contributed by atoms with Crippen LogP contribution in [-0.4, -0.2) is 50.3 Å². The molecule has 12 heavy (non-hydrogen) atoms. The highest BCUT2D eigenvalue weighted by atomic mass is 16.5. The van der Waals surface area contributed by atoms with Crippen LogP contribution in [0.25, 0.3) is 0 Å². The molecule has 3 N–H and O–H groups in total. The van der Waals surface area contributed by atoms with Crippen molar-refractivity contribution in [3.8, 4) is 0 Å². The number of ether oxygens (including phenoxy) is 1. The van der Waals surface area contributed by atoms with Crippen molar-refractivity contribution in [2.45, 2.75) is 6.04 Å². The lowest BCUT2D eigenvalue weighted by molar-refractivity contribution is 0.125. The SMILES string of the molecule is COC[C@H]1CN(C(N)=O)CCN1. The van der Waals surface area contributed by atoms with Gasteiger partial charge in [-0.2, -0.15) is 0 Å². The summed E-state index contributed by atoms with van der Waals surface area (Å²) in [5.41, 5.74) is 5.14. The summed E-state index contributed by atoms with van der Waals surface area (Å²) in [7, 11) is 1.64. The number of rotatable bonds is 2. The monoisotopic (exact) mass is 173 g/mol. The molecule has 70 valence electrons. The molecule has 1 rings (SSSR count). The van der Waals surface area contributed by atoms with E-state index in [2.05, 4.69) is 5.32 Å². The van der Waals surface area contributed by atoms with Crippen LogP contribution >= 0.6 is 0 Å². The number of nitrogens with one attached hydrogen (secondary N) is 1. The summed E-state index contributed by atoms with van der Waals surface area (Å²) in [6.07, 6.45) is 0. The number of hydrogen-bond donors (Lipinski definition) is 2. The Bertz CT molecular complexity index is 161. The first-order valence-corrected chi connectivity index (χ1v) is 4.00. The lowest BCUT2D eigenvalue weighted by Gasteiger charge is -2.32. The number of carbonyl (C=O) groups is 1. The van der Waals surface area contributed by atoms with Crippen molar-refractivity contribution in [2.75, 3.05) is 33.4 Å². The minimum atomic E-state index is -0.349. The van der Waals surface area contributed by atoms with Gasteiger partial charge in [-0.3, -0.25) is 0 Å². The van der Waals surface area contributed by atoms with E-state index in [-0.39, 0.29) is 12.1 Å². The third kappa shape index (κ3) is 2.35. The molecular weight excluding hydrogens is 158 g/mol. The van der Waals surface area contributed by atoms with Crippen LogP contribution in [0.5, 0.6) is 0 Å². The van der Waals surface area contributed by atoms with Crippen molar-refractivity contribution in [3.63, 3.8) is 0 Å². The Morgan fingerprint density at radius 2 is 2.58 bits per heavy atom. The average molecular weight is 173 g/mol. The number of nitrogens with zero attached hydrogens (tertiary/aromatic N) is 1. The van der Waals surface area contributed by atoms with Crippen molar-refractivity contribution in [2.24, 2.45) is 5.73 Å². The van der Waals surface area contributed by atoms with Crippen LogP contribution in [0.1, 0.15) is 0 Å². The van der Waals surface area contributed by atoms with Crippen LogP contribution in [0, 0.1) is 0 Å². The third-order valence-corrected chi connectivity index (χ3v) is 1.94. The smallest absolute Gasteiger partial charge is 0.314 e. The summed E-state index contributed by atoms with van der Waals surface area (Å²) < 4.78 is 4.97. The Morgan fingerprint density at radius 3 is 3.17 bits per heavy atom. The molecule has 0 aromatic rings. The Labute approximate surface area is 71.8 Å². The molecular formula is C7H15N3O2. The molecule has 5 nitrogen and oxygen atoms in total. The van der Waals surface area contributed by atoms with Crippen molar-refractivity contribution >= 4 is 6.03 Å². The maximum atomic E-state index is 10.8. The highest BCUT2D eigenvalue weighted by Gasteiger charge is 2.20. The fourth-order valence-corrected chi connectivity index (χ4v) is 1.34. The van der Waals surface area contributed by atoms with Gasteiger partial charge in [0.05, 0.1) is 6.61 Å². The van der Waals surface area contributed by atoms with Crippen LogP contribution in [0.15, 0.2) is 0 Å². The number of piperazine rings is 1. The second kappa shape index (κ2) is 4.27. The van der Waals surface area contributed by atoms with Crippen molar-refractivity contribution in [1.29, 1.82) is 0 Å². The number of methoxy groups -OCH3 is 1. The maximum absolute atomic E-state index is 10.8.